The highest BCUT2D eigenvalue weighted by molar-refractivity contribution is 7.91. The van der Waals surface area contributed by atoms with E-state index in [4.69, 9.17) is 4.74 Å². The van der Waals surface area contributed by atoms with Crippen molar-refractivity contribution in [2.24, 2.45) is 0 Å². The molecule has 148 valence electrons. The highest BCUT2D eigenvalue weighted by Gasteiger charge is 2.34. The summed E-state index contributed by atoms with van der Waals surface area (Å²) < 4.78 is 30.3. The van der Waals surface area contributed by atoms with Gasteiger partial charge in [0.1, 0.15) is 0 Å². The van der Waals surface area contributed by atoms with E-state index in [9.17, 15) is 18.0 Å². The number of nitrogens with zero attached hydrogens (tertiary/aromatic N) is 2. The average Bonchev–Trinajstić information content (AvgIpc) is 3.22. The molecule has 3 heterocycles. The van der Waals surface area contributed by atoms with Crippen LogP contribution in [0.5, 0.6) is 0 Å². The minimum atomic E-state index is -3.06. The minimum Gasteiger partial charge on any atom is -0.469 e. The van der Waals surface area contributed by atoms with Gasteiger partial charge < -0.3 is 9.84 Å². The van der Waals surface area contributed by atoms with E-state index in [-0.39, 0.29) is 29.5 Å². The molecule has 3 rings (SSSR count). The number of sulfone groups is 1. The zero-order chi connectivity index (χ0) is 19.9. The fourth-order valence-electron chi connectivity index (χ4n) is 3.98. The number of methoxy groups -OCH3 is 1. The summed E-state index contributed by atoms with van der Waals surface area (Å²) in [7, 11) is -1.75. The van der Waals surface area contributed by atoms with Crippen LogP contribution in [-0.4, -0.2) is 53.0 Å². The number of hydrogen-bond donors (Lipinski definition) is 2. The van der Waals surface area contributed by atoms with Gasteiger partial charge in [-0.15, -0.1) is 0 Å². The first kappa shape index (κ1) is 19.4. The molecule has 0 aromatic carbocycles. The lowest BCUT2D eigenvalue weighted by atomic mass is 9.87. The molecule has 1 saturated heterocycles. The van der Waals surface area contributed by atoms with Crippen molar-refractivity contribution < 1.29 is 17.9 Å². The number of aromatic nitrogens is 4. The third kappa shape index (κ3) is 3.58. The van der Waals surface area contributed by atoms with Gasteiger partial charge in [0.2, 0.25) is 0 Å². The zero-order valence-corrected chi connectivity index (χ0v) is 16.6. The van der Waals surface area contributed by atoms with Crippen molar-refractivity contribution >= 4 is 15.8 Å². The van der Waals surface area contributed by atoms with Gasteiger partial charge in [-0.05, 0) is 27.2 Å². The van der Waals surface area contributed by atoms with Crippen molar-refractivity contribution in [3.8, 4) is 0 Å². The molecule has 0 spiro atoms. The molecule has 0 bridgehead atoms. The summed E-state index contributed by atoms with van der Waals surface area (Å²) in [5.41, 5.74) is 3.01. The number of carbonyl (C=O) groups excluding carboxylic acids is 1. The normalized spacial score (nSPS) is 19.9. The van der Waals surface area contributed by atoms with Gasteiger partial charge >= 0.3 is 5.97 Å². The molecular formula is C17H24N4O5S. The number of rotatable bonds is 5. The fourth-order valence-corrected chi connectivity index (χ4v) is 5.67. The smallest absolute Gasteiger partial charge is 0.306 e. The number of hydrogen-bond acceptors (Lipinski definition) is 6. The number of nitrogens with one attached hydrogen (secondary N) is 2. The molecule has 1 aliphatic heterocycles. The predicted octanol–water partition coefficient (Wildman–Crippen LogP) is 0.879. The second-order valence-electron chi connectivity index (χ2n) is 7.04. The molecule has 0 amide bonds. The van der Waals surface area contributed by atoms with Crippen LogP contribution in [-0.2, 0) is 19.4 Å². The maximum Gasteiger partial charge on any atom is 0.306 e. The van der Waals surface area contributed by atoms with E-state index >= 15 is 0 Å². The van der Waals surface area contributed by atoms with Crippen LogP contribution in [0.15, 0.2) is 4.79 Å². The van der Waals surface area contributed by atoms with Crippen molar-refractivity contribution in [1.82, 2.24) is 20.0 Å². The molecule has 2 N–H and O–H groups in total. The standard InChI is InChI=1S/C17H24N4O5S/c1-9-16(17(23)19-18-9)13(7-14(22)26-4)15-10(2)20-21(11(15)3)12-5-6-27(24,25)8-12/h12-13H,5-8H2,1-4H3,(H2,18,19,23)/t12-,13+/m1/s1. The average molecular weight is 396 g/mol. The second-order valence-corrected chi connectivity index (χ2v) is 9.27. The zero-order valence-electron chi connectivity index (χ0n) is 15.8. The number of esters is 1. The van der Waals surface area contributed by atoms with E-state index < -0.39 is 21.7 Å². The van der Waals surface area contributed by atoms with Crippen molar-refractivity contribution in [1.29, 1.82) is 0 Å². The molecule has 9 nitrogen and oxygen atoms in total. The monoisotopic (exact) mass is 396 g/mol. The molecule has 0 aliphatic carbocycles. The quantitative estimate of drug-likeness (QED) is 0.722. The SMILES string of the molecule is COC(=O)C[C@@H](c1c(C)nn([C@@H]2CCS(=O)(=O)C2)c1C)c1c(C)[nH][nH]c1=O. The van der Waals surface area contributed by atoms with Gasteiger partial charge in [-0.3, -0.25) is 19.4 Å². The maximum absolute atomic E-state index is 12.3. The number of aryl methyl sites for hydroxylation is 2. The summed E-state index contributed by atoms with van der Waals surface area (Å²) in [5, 5.41) is 9.90. The van der Waals surface area contributed by atoms with Crippen molar-refractivity contribution in [3.05, 3.63) is 38.6 Å². The van der Waals surface area contributed by atoms with E-state index in [1.807, 2.05) is 13.8 Å². The van der Waals surface area contributed by atoms with Crippen molar-refractivity contribution in [3.63, 3.8) is 0 Å². The van der Waals surface area contributed by atoms with E-state index in [2.05, 4.69) is 15.3 Å². The number of aromatic amines is 2. The first-order chi connectivity index (χ1) is 12.6. The Bertz CT molecular complexity index is 1030. The molecule has 27 heavy (non-hydrogen) atoms. The Hall–Kier alpha value is -2.36. The Morgan fingerprint density at radius 3 is 2.52 bits per heavy atom. The van der Waals surface area contributed by atoms with E-state index in [0.29, 0.717) is 23.4 Å². The predicted molar refractivity (Wildman–Crippen MR) is 98.6 cm³/mol. The highest BCUT2D eigenvalue weighted by Crippen LogP contribution is 2.35. The molecule has 0 saturated carbocycles. The van der Waals surface area contributed by atoms with Crippen LogP contribution in [0.2, 0.25) is 0 Å². The van der Waals surface area contributed by atoms with Crippen LogP contribution in [0.25, 0.3) is 0 Å². The van der Waals surface area contributed by atoms with Gasteiger partial charge in [-0.25, -0.2) is 8.42 Å². The fraction of sp³-hybridized carbons (Fsp3) is 0.588. The van der Waals surface area contributed by atoms with E-state index in [1.165, 1.54) is 7.11 Å². The first-order valence-corrected chi connectivity index (χ1v) is 10.6. The van der Waals surface area contributed by atoms with Crippen molar-refractivity contribution in [2.45, 2.75) is 45.6 Å². The Labute approximate surface area is 157 Å². The van der Waals surface area contributed by atoms with Crippen LogP contribution in [0.3, 0.4) is 0 Å². The Morgan fingerprint density at radius 1 is 1.30 bits per heavy atom. The summed E-state index contributed by atoms with van der Waals surface area (Å²) in [4.78, 5) is 24.4. The molecular weight excluding hydrogens is 372 g/mol. The lowest BCUT2D eigenvalue weighted by molar-refractivity contribution is -0.140. The van der Waals surface area contributed by atoms with Gasteiger partial charge in [-0.2, -0.15) is 5.10 Å². The molecule has 2 atom stereocenters. The van der Waals surface area contributed by atoms with Crippen LogP contribution >= 0.6 is 0 Å². The van der Waals surface area contributed by atoms with Crippen LogP contribution in [0, 0.1) is 20.8 Å². The minimum absolute atomic E-state index is 0.00535. The molecule has 10 heteroatoms. The summed E-state index contributed by atoms with van der Waals surface area (Å²) in [6, 6.07) is -0.230. The lowest BCUT2D eigenvalue weighted by Crippen LogP contribution is -2.19. The Morgan fingerprint density at radius 2 is 2.00 bits per heavy atom. The number of H-pyrrole nitrogens is 2. The Kier molecular flexibility index (Phi) is 5.02. The highest BCUT2D eigenvalue weighted by atomic mass is 32.2. The van der Waals surface area contributed by atoms with Gasteiger partial charge in [0, 0.05) is 28.4 Å². The van der Waals surface area contributed by atoms with Crippen molar-refractivity contribution in [2.75, 3.05) is 18.6 Å². The van der Waals surface area contributed by atoms with Crippen LogP contribution in [0.4, 0.5) is 0 Å². The van der Waals surface area contributed by atoms with E-state index in [0.717, 1.165) is 11.3 Å². The molecule has 2 aromatic rings. The molecule has 1 aliphatic rings. The van der Waals surface area contributed by atoms with Gasteiger partial charge in [0.25, 0.3) is 5.56 Å². The summed E-state index contributed by atoms with van der Waals surface area (Å²) in [6.07, 6.45) is 0.504. The largest absolute Gasteiger partial charge is 0.469 e. The first-order valence-electron chi connectivity index (χ1n) is 8.74. The molecule has 1 fully saturated rings. The van der Waals surface area contributed by atoms with Crippen LogP contribution < -0.4 is 5.56 Å². The summed E-state index contributed by atoms with van der Waals surface area (Å²) >= 11 is 0. The van der Waals surface area contributed by atoms with E-state index in [1.54, 1.807) is 11.6 Å². The summed E-state index contributed by atoms with van der Waals surface area (Å²) in [6.45, 7) is 5.42. The molecule has 2 aromatic heterocycles. The maximum atomic E-state index is 12.3. The van der Waals surface area contributed by atoms with Gasteiger partial charge in [-0.1, -0.05) is 0 Å². The molecule has 0 unspecified atom stereocenters. The topological polar surface area (TPSA) is 127 Å². The van der Waals surface area contributed by atoms with Gasteiger partial charge in [0.05, 0.1) is 36.8 Å². The third-order valence-electron chi connectivity index (χ3n) is 5.24. The number of carbonyl (C=O) groups is 1. The second kappa shape index (κ2) is 6.99. The Balaban J connectivity index is 2.10. The lowest BCUT2D eigenvalue weighted by Gasteiger charge is -2.17. The third-order valence-corrected chi connectivity index (χ3v) is 6.99. The number of ether oxygens (including phenoxy) is 1. The van der Waals surface area contributed by atoms with Gasteiger partial charge in [0.15, 0.2) is 9.84 Å². The summed E-state index contributed by atoms with van der Waals surface area (Å²) in [5.74, 6) is -0.762. The molecule has 0 radical (unpaired) electrons. The van der Waals surface area contributed by atoms with Crippen LogP contribution in [0.1, 0.15) is 53.0 Å².